The SMILES string of the molecule is C[C@@H]1CN(CC(=O)N2c3cc(Cc4ccc(F)cc4)cnc3OC[C@@H]2COc2ccccc2)[C@@H](CN2CCOC[C@H]2C)CN1. The van der Waals surface area contributed by atoms with Gasteiger partial charge < -0.3 is 19.5 Å². The van der Waals surface area contributed by atoms with E-state index in [9.17, 15) is 9.18 Å². The van der Waals surface area contributed by atoms with Crippen molar-refractivity contribution in [2.45, 2.75) is 44.4 Å². The highest BCUT2D eigenvalue weighted by molar-refractivity contribution is 5.97. The molecule has 6 rings (SSSR count). The Labute approximate surface area is 258 Å². The number of rotatable bonds is 9. The molecule has 3 aliphatic rings. The number of aromatic nitrogens is 1. The predicted octanol–water partition coefficient (Wildman–Crippen LogP) is 3.37. The summed E-state index contributed by atoms with van der Waals surface area (Å²) >= 11 is 0. The van der Waals surface area contributed by atoms with Crippen LogP contribution in [0.5, 0.6) is 11.6 Å². The molecule has 0 aliphatic carbocycles. The lowest BCUT2D eigenvalue weighted by Gasteiger charge is -2.44. The van der Waals surface area contributed by atoms with Gasteiger partial charge in [0, 0.05) is 50.5 Å². The Hall–Kier alpha value is -3.57. The number of anilines is 1. The molecule has 2 aromatic carbocycles. The normalized spacial score (nSPS) is 24.4. The van der Waals surface area contributed by atoms with Crippen LogP contribution in [0.15, 0.2) is 66.9 Å². The van der Waals surface area contributed by atoms with E-state index in [4.69, 9.17) is 14.2 Å². The van der Waals surface area contributed by atoms with Crippen molar-refractivity contribution in [1.82, 2.24) is 20.1 Å². The van der Waals surface area contributed by atoms with E-state index in [1.54, 1.807) is 18.3 Å². The molecule has 4 heterocycles. The number of piperazine rings is 1. The van der Waals surface area contributed by atoms with Crippen molar-refractivity contribution in [2.75, 3.05) is 64.1 Å². The number of benzene rings is 2. The van der Waals surface area contributed by atoms with Crippen molar-refractivity contribution >= 4 is 11.6 Å². The zero-order valence-corrected chi connectivity index (χ0v) is 25.5. The van der Waals surface area contributed by atoms with Crippen LogP contribution in [0.1, 0.15) is 25.0 Å². The first kappa shape index (κ1) is 30.5. The summed E-state index contributed by atoms with van der Waals surface area (Å²) in [6.07, 6.45) is 2.33. The number of pyridine rings is 1. The molecule has 0 bridgehead atoms. The highest BCUT2D eigenvalue weighted by atomic mass is 19.1. The van der Waals surface area contributed by atoms with Gasteiger partial charge in [0.05, 0.1) is 19.8 Å². The van der Waals surface area contributed by atoms with Crippen molar-refractivity contribution in [3.8, 4) is 11.6 Å². The summed E-state index contributed by atoms with van der Waals surface area (Å²) in [4.78, 5) is 25.7. The Bertz CT molecular complexity index is 1390. The number of para-hydroxylation sites is 1. The van der Waals surface area contributed by atoms with Crippen LogP contribution in [-0.2, 0) is 16.0 Å². The maximum atomic E-state index is 14.4. The molecular formula is C34H42FN5O4. The van der Waals surface area contributed by atoms with Gasteiger partial charge in [0.1, 0.15) is 36.5 Å². The molecule has 2 fully saturated rings. The van der Waals surface area contributed by atoms with Gasteiger partial charge >= 0.3 is 0 Å². The van der Waals surface area contributed by atoms with E-state index in [2.05, 4.69) is 33.9 Å². The van der Waals surface area contributed by atoms with E-state index in [1.165, 1.54) is 12.1 Å². The van der Waals surface area contributed by atoms with E-state index in [-0.39, 0.29) is 49.6 Å². The fourth-order valence-corrected chi connectivity index (χ4v) is 6.28. The summed E-state index contributed by atoms with van der Waals surface area (Å²) in [6.45, 7) is 10.0. The largest absolute Gasteiger partial charge is 0.491 e. The first-order valence-electron chi connectivity index (χ1n) is 15.6. The molecule has 0 unspecified atom stereocenters. The van der Waals surface area contributed by atoms with Crippen LogP contribution in [0.4, 0.5) is 10.1 Å². The Morgan fingerprint density at radius 2 is 1.86 bits per heavy atom. The van der Waals surface area contributed by atoms with Gasteiger partial charge in [0.25, 0.3) is 0 Å². The zero-order chi connectivity index (χ0) is 30.5. The average molecular weight is 604 g/mol. The monoisotopic (exact) mass is 603 g/mol. The third-order valence-corrected chi connectivity index (χ3v) is 8.72. The van der Waals surface area contributed by atoms with Crippen molar-refractivity contribution in [3.63, 3.8) is 0 Å². The van der Waals surface area contributed by atoms with Crippen molar-refractivity contribution in [3.05, 3.63) is 83.8 Å². The molecule has 1 N–H and O–H groups in total. The fourth-order valence-electron chi connectivity index (χ4n) is 6.28. The molecule has 2 saturated heterocycles. The van der Waals surface area contributed by atoms with Crippen molar-refractivity contribution in [1.29, 1.82) is 0 Å². The van der Waals surface area contributed by atoms with Gasteiger partial charge in [0.2, 0.25) is 11.8 Å². The summed E-state index contributed by atoms with van der Waals surface area (Å²) < 4.78 is 31.4. The molecule has 44 heavy (non-hydrogen) atoms. The average Bonchev–Trinajstić information content (AvgIpc) is 3.03. The lowest BCUT2D eigenvalue weighted by Crippen LogP contribution is -2.63. The van der Waals surface area contributed by atoms with Crippen LogP contribution in [-0.4, -0.2) is 104 Å². The third kappa shape index (κ3) is 7.38. The maximum absolute atomic E-state index is 14.4. The Morgan fingerprint density at radius 1 is 1.05 bits per heavy atom. The quantitative estimate of drug-likeness (QED) is 0.399. The number of ether oxygens (including phenoxy) is 3. The second-order valence-electron chi connectivity index (χ2n) is 12.1. The number of hydrogen-bond acceptors (Lipinski definition) is 8. The number of carbonyl (C=O) groups is 1. The van der Waals surface area contributed by atoms with Gasteiger partial charge in [-0.1, -0.05) is 30.3 Å². The van der Waals surface area contributed by atoms with E-state index in [0.717, 1.165) is 56.3 Å². The molecule has 0 radical (unpaired) electrons. The maximum Gasteiger partial charge on any atom is 0.241 e. The summed E-state index contributed by atoms with van der Waals surface area (Å²) in [5.41, 5.74) is 2.52. The van der Waals surface area contributed by atoms with Crippen molar-refractivity contribution in [2.24, 2.45) is 0 Å². The molecule has 1 amide bonds. The van der Waals surface area contributed by atoms with E-state index in [0.29, 0.717) is 24.0 Å². The number of hydrogen-bond donors (Lipinski definition) is 1. The molecule has 3 aromatic rings. The minimum absolute atomic E-state index is 0.00827. The Kier molecular flexibility index (Phi) is 9.71. The summed E-state index contributed by atoms with van der Waals surface area (Å²) in [5, 5.41) is 3.62. The molecule has 4 atom stereocenters. The topological polar surface area (TPSA) is 79.4 Å². The van der Waals surface area contributed by atoms with Crippen molar-refractivity contribution < 1.29 is 23.4 Å². The van der Waals surface area contributed by atoms with E-state index in [1.807, 2.05) is 41.3 Å². The standard InChI is InChI=1S/C34H42FN5O4/c1-24-18-39(29(17-36-24)19-38-12-13-42-21-25(38)2)20-33(41)40-30(22-43-31-6-4-3-5-7-31)23-44-34-32(40)15-27(16-37-34)14-26-8-10-28(35)11-9-26/h3-11,15-16,24-25,29-30,36H,12-14,17-23H2,1-2H3/t24-,25-,29-,30+/m1/s1. The highest BCUT2D eigenvalue weighted by Crippen LogP contribution is 2.34. The predicted molar refractivity (Wildman–Crippen MR) is 167 cm³/mol. The molecule has 9 nitrogen and oxygen atoms in total. The van der Waals surface area contributed by atoms with E-state index >= 15 is 0 Å². The number of nitrogens with zero attached hydrogens (tertiary/aromatic N) is 4. The number of nitrogens with one attached hydrogen (secondary N) is 1. The number of amides is 1. The lowest BCUT2D eigenvalue weighted by atomic mass is 10.0. The number of morpholine rings is 1. The summed E-state index contributed by atoms with van der Waals surface area (Å²) in [6, 6.07) is 18.5. The van der Waals surface area contributed by atoms with Crippen LogP contribution < -0.4 is 19.7 Å². The smallest absolute Gasteiger partial charge is 0.241 e. The first-order valence-corrected chi connectivity index (χ1v) is 15.6. The molecule has 234 valence electrons. The Balaban J connectivity index is 1.25. The number of fused-ring (bicyclic) bond motifs is 1. The van der Waals surface area contributed by atoms with Gasteiger partial charge in [0.15, 0.2) is 0 Å². The number of carbonyl (C=O) groups excluding carboxylic acids is 1. The van der Waals surface area contributed by atoms with Crippen LogP contribution >= 0.6 is 0 Å². The van der Waals surface area contributed by atoms with Gasteiger partial charge in [-0.15, -0.1) is 0 Å². The molecule has 0 saturated carbocycles. The molecular weight excluding hydrogens is 561 g/mol. The first-order chi connectivity index (χ1) is 21.4. The van der Waals surface area contributed by atoms with Crippen LogP contribution in [0.2, 0.25) is 0 Å². The third-order valence-electron chi connectivity index (χ3n) is 8.72. The van der Waals surface area contributed by atoms with Crippen LogP contribution in [0.25, 0.3) is 0 Å². The van der Waals surface area contributed by atoms with E-state index < -0.39 is 0 Å². The van der Waals surface area contributed by atoms with Crippen LogP contribution in [0.3, 0.4) is 0 Å². The summed E-state index contributed by atoms with van der Waals surface area (Å²) in [5.74, 6) is 0.896. The molecule has 3 aliphatic heterocycles. The molecule has 10 heteroatoms. The minimum Gasteiger partial charge on any atom is -0.491 e. The second kappa shape index (κ2) is 14.0. The second-order valence-corrected chi connectivity index (χ2v) is 12.1. The van der Waals surface area contributed by atoms with Gasteiger partial charge in [-0.3, -0.25) is 19.5 Å². The highest BCUT2D eigenvalue weighted by Gasteiger charge is 2.37. The lowest BCUT2D eigenvalue weighted by molar-refractivity contribution is -0.122. The van der Waals surface area contributed by atoms with Crippen LogP contribution in [0, 0.1) is 5.82 Å². The zero-order valence-electron chi connectivity index (χ0n) is 25.5. The van der Waals surface area contributed by atoms with Gasteiger partial charge in [-0.05, 0) is 61.7 Å². The molecule has 0 spiro atoms. The fraction of sp³-hybridized carbons (Fsp3) is 0.471. The molecule has 1 aromatic heterocycles. The number of halogens is 1. The van der Waals surface area contributed by atoms with Gasteiger partial charge in [-0.2, -0.15) is 0 Å². The minimum atomic E-state index is -0.337. The summed E-state index contributed by atoms with van der Waals surface area (Å²) in [7, 11) is 0. The van der Waals surface area contributed by atoms with Gasteiger partial charge in [-0.25, -0.2) is 9.37 Å². The Morgan fingerprint density at radius 3 is 2.66 bits per heavy atom.